The molecule has 0 aliphatic heterocycles. The summed E-state index contributed by atoms with van der Waals surface area (Å²) in [7, 11) is 3.12. The van der Waals surface area contributed by atoms with E-state index in [0.717, 1.165) is 16.8 Å². The molecule has 0 aliphatic rings. The van der Waals surface area contributed by atoms with Crippen LogP contribution in [0.5, 0.6) is 11.5 Å². The van der Waals surface area contributed by atoms with Gasteiger partial charge in [-0.3, -0.25) is 9.36 Å². The standard InChI is InChI=1S/C26H25N5O3S/c1-18-12-14-19(15-13-18)25-29-30-26(31(25)21-9-5-4-6-10-21)35-17-23(32)28-27-16-20-8-7-11-22(33-2)24(20)34-3/h4-16H,17H2,1-3H3,(H,28,32). The highest BCUT2D eigenvalue weighted by molar-refractivity contribution is 7.99. The topological polar surface area (TPSA) is 90.6 Å². The molecular formula is C26H25N5O3S. The van der Waals surface area contributed by atoms with Crippen LogP contribution in [-0.2, 0) is 4.79 Å². The molecule has 4 rings (SSSR count). The van der Waals surface area contributed by atoms with E-state index < -0.39 is 0 Å². The minimum Gasteiger partial charge on any atom is -0.493 e. The number of nitrogens with zero attached hydrogens (tertiary/aromatic N) is 4. The van der Waals surface area contributed by atoms with Gasteiger partial charge in [-0.25, -0.2) is 5.43 Å². The first-order valence-electron chi connectivity index (χ1n) is 10.8. The molecule has 0 aliphatic carbocycles. The molecule has 3 aromatic carbocycles. The molecule has 0 fully saturated rings. The molecule has 0 atom stereocenters. The predicted octanol–water partition coefficient (Wildman–Crippen LogP) is 4.50. The SMILES string of the molecule is COc1cccc(C=NNC(=O)CSc2nnc(-c3ccc(C)cc3)n2-c2ccccc2)c1OC. The summed E-state index contributed by atoms with van der Waals surface area (Å²) in [5.74, 6) is 1.69. The Morgan fingerprint density at radius 3 is 2.49 bits per heavy atom. The molecular weight excluding hydrogens is 462 g/mol. The Labute approximate surface area is 208 Å². The molecule has 0 unspecified atom stereocenters. The van der Waals surface area contributed by atoms with Crippen LogP contribution in [0.15, 0.2) is 83.1 Å². The van der Waals surface area contributed by atoms with Gasteiger partial charge in [0.1, 0.15) is 0 Å². The zero-order chi connectivity index (χ0) is 24.6. The summed E-state index contributed by atoms with van der Waals surface area (Å²) in [6.07, 6.45) is 1.52. The van der Waals surface area contributed by atoms with E-state index in [2.05, 4.69) is 20.7 Å². The van der Waals surface area contributed by atoms with Crippen LogP contribution in [0.25, 0.3) is 17.1 Å². The van der Waals surface area contributed by atoms with E-state index in [1.807, 2.05) is 78.2 Å². The quantitative estimate of drug-likeness (QED) is 0.212. The number of ether oxygens (including phenoxy) is 2. The number of methoxy groups -OCH3 is 2. The van der Waals surface area contributed by atoms with Crippen molar-refractivity contribution in [2.45, 2.75) is 12.1 Å². The largest absolute Gasteiger partial charge is 0.493 e. The van der Waals surface area contributed by atoms with Gasteiger partial charge in [0.2, 0.25) is 0 Å². The van der Waals surface area contributed by atoms with Gasteiger partial charge < -0.3 is 9.47 Å². The lowest BCUT2D eigenvalue weighted by Crippen LogP contribution is -2.20. The fourth-order valence-electron chi connectivity index (χ4n) is 3.41. The van der Waals surface area contributed by atoms with Crippen LogP contribution < -0.4 is 14.9 Å². The van der Waals surface area contributed by atoms with Gasteiger partial charge in [0.05, 0.1) is 26.2 Å². The van der Waals surface area contributed by atoms with Gasteiger partial charge in [0, 0.05) is 16.8 Å². The Morgan fingerprint density at radius 1 is 1.00 bits per heavy atom. The van der Waals surface area contributed by atoms with E-state index in [4.69, 9.17) is 9.47 Å². The summed E-state index contributed by atoms with van der Waals surface area (Å²) in [6, 6.07) is 23.4. The fourth-order valence-corrected chi connectivity index (χ4v) is 4.16. The molecule has 0 bridgehead atoms. The van der Waals surface area contributed by atoms with Crippen molar-refractivity contribution in [3.8, 4) is 28.6 Å². The molecule has 1 N–H and O–H groups in total. The molecule has 0 saturated carbocycles. The Balaban J connectivity index is 1.49. The second kappa shape index (κ2) is 11.3. The van der Waals surface area contributed by atoms with Crippen molar-refractivity contribution in [2.24, 2.45) is 5.10 Å². The lowest BCUT2D eigenvalue weighted by atomic mass is 10.1. The van der Waals surface area contributed by atoms with Crippen molar-refractivity contribution in [3.63, 3.8) is 0 Å². The number of hydrogen-bond acceptors (Lipinski definition) is 7. The Hall–Kier alpha value is -4.11. The van der Waals surface area contributed by atoms with E-state index in [-0.39, 0.29) is 11.7 Å². The molecule has 35 heavy (non-hydrogen) atoms. The van der Waals surface area contributed by atoms with Crippen LogP contribution in [0.4, 0.5) is 0 Å². The highest BCUT2D eigenvalue weighted by Gasteiger charge is 2.17. The zero-order valence-electron chi connectivity index (χ0n) is 19.6. The van der Waals surface area contributed by atoms with Crippen molar-refractivity contribution in [3.05, 3.63) is 83.9 Å². The maximum Gasteiger partial charge on any atom is 0.250 e. The van der Waals surface area contributed by atoms with Gasteiger partial charge in [-0.15, -0.1) is 10.2 Å². The summed E-state index contributed by atoms with van der Waals surface area (Å²) >= 11 is 1.29. The van der Waals surface area contributed by atoms with Gasteiger partial charge in [-0.05, 0) is 31.2 Å². The zero-order valence-corrected chi connectivity index (χ0v) is 20.5. The number of rotatable bonds is 9. The summed E-state index contributed by atoms with van der Waals surface area (Å²) in [5.41, 5.74) is 6.26. The first-order chi connectivity index (χ1) is 17.1. The average molecular weight is 488 g/mol. The normalized spacial score (nSPS) is 10.9. The number of amides is 1. The number of para-hydroxylation sites is 2. The van der Waals surface area contributed by atoms with Crippen LogP contribution in [0.2, 0.25) is 0 Å². The van der Waals surface area contributed by atoms with Crippen LogP contribution in [0, 0.1) is 6.92 Å². The van der Waals surface area contributed by atoms with E-state index in [0.29, 0.717) is 28.0 Å². The first kappa shape index (κ1) is 24.0. The van der Waals surface area contributed by atoms with Gasteiger partial charge in [-0.1, -0.05) is 65.9 Å². The van der Waals surface area contributed by atoms with E-state index in [1.54, 1.807) is 20.3 Å². The monoisotopic (exact) mass is 487 g/mol. The first-order valence-corrected chi connectivity index (χ1v) is 11.8. The third-order valence-electron chi connectivity index (χ3n) is 5.12. The molecule has 1 amide bonds. The van der Waals surface area contributed by atoms with Gasteiger partial charge in [-0.2, -0.15) is 5.10 Å². The maximum absolute atomic E-state index is 12.5. The van der Waals surface area contributed by atoms with Crippen molar-refractivity contribution in [2.75, 3.05) is 20.0 Å². The minimum atomic E-state index is -0.271. The summed E-state index contributed by atoms with van der Waals surface area (Å²) in [5, 5.41) is 13.4. The van der Waals surface area contributed by atoms with Crippen LogP contribution >= 0.6 is 11.8 Å². The van der Waals surface area contributed by atoms with Crippen LogP contribution in [0.1, 0.15) is 11.1 Å². The molecule has 0 spiro atoms. The molecule has 4 aromatic rings. The molecule has 8 nitrogen and oxygen atoms in total. The summed E-state index contributed by atoms with van der Waals surface area (Å²) in [6.45, 7) is 2.04. The Morgan fingerprint density at radius 2 is 1.77 bits per heavy atom. The third kappa shape index (κ3) is 5.70. The Kier molecular flexibility index (Phi) is 7.79. The number of hydrazone groups is 1. The number of benzene rings is 3. The van der Waals surface area contributed by atoms with E-state index in [9.17, 15) is 4.79 Å². The highest BCUT2D eigenvalue weighted by Crippen LogP contribution is 2.30. The second-order valence-electron chi connectivity index (χ2n) is 7.51. The average Bonchev–Trinajstić information content (AvgIpc) is 3.32. The number of nitrogens with one attached hydrogen (secondary N) is 1. The lowest BCUT2D eigenvalue weighted by molar-refractivity contribution is -0.118. The lowest BCUT2D eigenvalue weighted by Gasteiger charge is -2.10. The van der Waals surface area contributed by atoms with Gasteiger partial charge in [0.25, 0.3) is 5.91 Å². The molecule has 1 aromatic heterocycles. The minimum absolute atomic E-state index is 0.117. The highest BCUT2D eigenvalue weighted by atomic mass is 32.2. The molecule has 178 valence electrons. The Bertz CT molecular complexity index is 1320. The number of carbonyl (C=O) groups excluding carboxylic acids is 1. The summed E-state index contributed by atoms with van der Waals surface area (Å²) in [4.78, 5) is 12.5. The van der Waals surface area contributed by atoms with Gasteiger partial charge in [0.15, 0.2) is 22.5 Å². The van der Waals surface area contributed by atoms with Gasteiger partial charge >= 0.3 is 0 Å². The molecule has 1 heterocycles. The maximum atomic E-state index is 12.5. The molecule has 0 saturated heterocycles. The fraction of sp³-hybridized carbons (Fsp3) is 0.154. The molecule has 9 heteroatoms. The smallest absolute Gasteiger partial charge is 0.250 e. The van der Waals surface area contributed by atoms with E-state index in [1.165, 1.54) is 18.0 Å². The van der Waals surface area contributed by atoms with Crippen LogP contribution in [0.3, 0.4) is 0 Å². The summed E-state index contributed by atoms with van der Waals surface area (Å²) < 4.78 is 12.6. The van der Waals surface area contributed by atoms with Crippen molar-refractivity contribution < 1.29 is 14.3 Å². The second-order valence-corrected chi connectivity index (χ2v) is 8.45. The number of aromatic nitrogens is 3. The number of carbonyl (C=O) groups is 1. The van der Waals surface area contributed by atoms with Crippen molar-refractivity contribution in [1.82, 2.24) is 20.2 Å². The van der Waals surface area contributed by atoms with E-state index >= 15 is 0 Å². The molecule has 0 radical (unpaired) electrons. The number of aryl methyl sites for hydroxylation is 1. The van der Waals surface area contributed by atoms with Crippen molar-refractivity contribution in [1.29, 1.82) is 0 Å². The predicted molar refractivity (Wildman–Crippen MR) is 138 cm³/mol. The van der Waals surface area contributed by atoms with Crippen LogP contribution in [-0.4, -0.2) is 46.9 Å². The number of hydrogen-bond donors (Lipinski definition) is 1. The third-order valence-corrected chi connectivity index (χ3v) is 6.05. The van der Waals surface area contributed by atoms with Crippen molar-refractivity contribution >= 4 is 23.9 Å². The number of thioether (sulfide) groups is 1.